The first kappa shape index (κ1) is 34.5. The van der Waals surface area contributed by atoms with E-state index in [2.05, 4.69) is 74.6 Å². The van der Waals surface area contributed by atoms with E-state index in [1.807, 2.05) is 40.0 Å². The van der Waals surface area contributed by atoms with Crippen LogP contribution in [-0.2, 0) is 31.3 Å². The molecule has 0 spiro atoms. The summed E-state index contributed by atoms with van der Waals surface area (Å²) in [7, 11) is 0. The van der Waals surface area contributed by atoms with Gasteiger partial charge in [-0.3, -0.25) is 9.78 Å². The average molecular weight is 781 g/mol. The van der Waals surface area contributed by atoms with Crippen molar-refractivity contribution in [3.8, 4) is 0 Å². The Bertz CT molecular complexity index is 1970. The number of carbonyl (C=O) groups excluding carboxylic acids is 1. The van der Waals surface area contributed by atoms with Crippen LogP contribution in [0.4, 0.5) is 0 Å². The van der Waals surface area contributed by atoms with Crippen LogP contribution in [0.3, 0.4) is 0 Å². The molecule has 239 valence electrons. The number of imidazole rings is 1. The second-order valence-electron chi connectivity index (χ2n) is 13.4. The van der Waals surface area contributed by atoms with Gasteiger partial charge in [0, 0.05) is 44.2 Å². The van der Waals surface area contributed by atoms with Crippen LogP contribution in [0.25, 0.3) is 49.3 Å². The van der Waals surface area contributed by atoms with Gasteiger partial charge < -0.3 is 9.51 Å². The molecule has 0 atom stereocenters. The number of hydrogen-bond acceptors (Lipinski definition) is 4. The van der Waals surface area contributed by atoms with Crippen molar-refractivity contribution in [2.24, 2.45) is 17.3 Å². The normalized spacial score (nSPS) is 12.5. The maximum atomic E-state index is 11.7. The molecule has 1 N–H and O–H groups in total. The maximum Gasteiger partial charge on any atom is 0.162 e. The van der Waals surface area contributed by atoms with Gasteiger partial charge in [0.05, 0.1) is 22.4 Å². The third kappa shape index (κ3) is 6.78. The second-order valence-corrected chi connectivity index (χ2v) is 13.4. The zero-order valence-electron chi connectivity index (χ0n) is 27.9. The molecule has 1 radical (unpaired) electrons. The van der Waals surface area contributed by atoms with E-state index in [4.69, 9.17) is 9.97 Å². The summed E-state index contributed by atoms with van der Waals surface area (Å²) in [5, 5.41) is 15.7. The molecule has 0 amide bonds. The molecule has 0 unspecified atom stereocenters. The summed E-state index contributed by atoms with van der Waals surface area (Å²) in [6.07, 6.45) is 7.78. The van der Waals surface area contributed by atoms with Crippen LogP contribution in [0.15, 0.2) is 60.5 Å². The fourth-order valence-corrected chi connectivity index (χ4v) is 6.65. The molecule has 0 fully saturated rings. The van der Waals surface area contributed by atoms with Crippen LogP contribution in [0.1, 0.15) is 85.3 Å². The number of aliphatic hydroxyl groups excluding tert-OH is 1. The molecule has 3 heterocycles. The largest absolute Gasteiger partial charge is 0.512 e. The first-order chi connectivity index (χ1) is 21.0. The molecular weight excluding hydrogens is 735 g/mol. The van der Waals surface area contributed by atoms with E-state index >= 15 is 0 Å². The fourth-order valence-electron chi connectivity index (χ4n) is 6.65. The Morgan fingerprint density at radius 1 is 0.978 bits per heavy atom. The number of hydrogen-bond donors (Lipinski definition) is 1. The number of aryl methyl sites for hydroxylation is 1. The maximum absolute atomic E-state index is 11.7. The summed E-state index contributed by atoms with van der Waals surface area (Å²) in [6, 6.07) is 18.8. The predicted octanol–water partition coefficient (Wildman–Crippen LogP) is 10.3. The minimum Gasteiger partial charge on any atom is -0.512 e. The van der Waals surface area contributed by atoms with Crippen molar-refractivity contribution in [2.45, 2.75) is 87.5 Å². The first-order valence-corrected chi connectivity index (χ1v) is 16.2. The molecule has 0 saturated heterocycles. The molecule has 0 bridgehead atoms. The zero-order valence-corrected chi connectivity index (χ0v) is 30.3. The van der Waals surface area contributed by atoms with Crippen LogP contribution < -0.4 is 0 Å². The topological polar surface area (TPSA) is 67.5 Å². The summed E-state index contributed by atoms with van der Waals surface area (Å²) in [5.74, 6) is 0.547. The molecule has 6 aromatic rings. The molecule has 6 heteroatoms. The van der Waals surface area contributed by atoms with Gasteiger partial charge in [0.1, 0.15) is 5.65 Å². The molecule has 0 aliphatic carbocycles. The van der Waals surface area contributed by atoms with Crippen LogP contribution in [-0.4, -0.2) is 25.3 Å². The number of rotatable bonds is 8. The van der Waals surface area contributed by atoms with Crippen molar-refractivity contribution in [3.63, 3.8) is 0 Å². The van der Waals surface area contributed by atoms with Gasteiger partial charge >= 0.3 is 0 Å². The van der Waals surface area contributed by atoms with Gasteiger partial charge in [0.25, 0.3) is 0 Å². The van der Waals surface area contributed by atoms with Crippen molar-refractivity contribution in [1.82, 2.24) is 14.4 Å². The molecule has 6 rings (SSSR count). The van der Waals surface area contributed by atoms with Gasteiger partial charge in [0.2, 0.25) is 0 Å². The molecule has 0 aliphatic rings. The number of ketones is 1. The minimum atomic E-state index is 0. The number of allylic oxidation sites excluding steroid dienone is 2. The standard InChI is InChI=1S/C26H22N3.C13H24O2.Ir/c1-15-18-8-6-5-7-17(18)13-20-23(15)19-11-16(14-26(2,3)4)12-21-24(19)29-22(28-21)9-10-27-25(20)29;1-5-10(6-2)12(14)9-13(15)11(7-3)8-4;/h5-12H,14H2,1-4H3;9-11,14H,5-8H2,1-4H3;/q-1;;/b;12-9-;. The van der Waals surface area contributed by atoms with Crippen molar-refractivity contribution in [1.29, 1.82) is 0 Å². The molecule has 0 aliphatic heterocycles. The van der Waals surface area contributed by atoms with Crippen molar-refractivity contribution < 1.29 is 30.0 Å². The Kier molecular flexibility index (Phi) is 10.7. The Hall–Kier alpha value is -3.34. The fraction of sp³-hybridized carbons (Fsp3) is 0.410. The third-order valence-electron chi connectivity index (χ3n) is 8.99. The number of pyridine rings is 1. The zero-order chi connectivity index (χ0) is 31.8. The summed E-state index contributed by atoms with van der Waals surface area (Å²) >= 11 is 0. The summed E-state index contributed by atoms with van der Waals surface area (Å²) < 4.78 is 2.21. The number of fused-ring (bicyclic) bond motifs is 4. The van der Waals surface area contributed by atoms with Gasteiger partial charge in [-0.2, -0.15) is 0 Å². The number of aliphatic hydroxyl groups is 1. The molecular formula is C39H46IrN3O2-. The van der Waals surface area contributed by atoms with Crippen molar-refractivity contribution >= 4 is 55.0 Å². The quantitative estimate of drug-likeness (QED) is 0.0549. The van der Waals surface area contributed by atoms with Gasteiger partial charge in [-0.25, -0.2) is 4.98 Å². The summed E-state index contributed by atoms with van der Waals surface area (Å²) in [4.78, 5) is 21.4. The minimum absolute atomic E-state index is 0. The molecule has 45 heavy (non-hydrogen) atoms. The van der Waals surface area contributed by atoms with E-state index < -0.39 is 0 Å². The molecule has 3 aromatic heterocycles. The summed E-state index contributed by atoms with van der Waals surface area (Å²) in [5.41, 5.74) is 6.94. The average Bonchev–Trinajstić information content (AvgIpc) is 3.36. The van der Waals surface area contributed by atoms with Crippen LogP contribution in [0.2, 0.25) is 0 Å². The predicted molar refractivity (Wildman–Crippen MR) is 185 cm³/mol. The van der Waals surface area contributed by atoms with Gasteiger partial charge in [-0.15, -0.1) is 23.1 Å². The van der Waals surface area contributed by atoms with Gasteiger partial charge in [0.15, 0.2) is 5.78 Å². The van der Waals surface area contributed by atoms with E-state index in [0.717, 1.165) is 59.7 Å². The molecule has 5 nitrogen and oxygen atoms in total. The molecule has 3 aromatic carbocycles. The van der Waals surface area contributed by atoms with E-state index in [1.54, 1.807) is 0 Å². The monoisotopic (exact) mass is 781 g/mol. The van der Waals surface area contributed by atoms with Crippen LogP contribution in [0.5, 0.6) is 0 Å². The number of aromatic nitrogens is 3. The van der Waals surface area contributed by atoms with Crippen LogP contribution >= 0.6 is 0 Å². The number of benzene rings is 3. The van der Waals surface area contributed by atoms with Crippen LogP contribution in [0, 0.1) is 30.2 Å². The van der Waals surface area contributed by atoms with Crippen molar-refractivity contribution in [2.75, 3.05) is 0 Å². The van der Waals surface area contributed by atoms with Gasteiger partial charge in [-0.1, -0.05) is 95.8 Å². The van der Waals surface area contributed by atoms with E-state index in [1.165, 1.54) is 38.9 Å². The summed E-state index contributed by atoms with van der Waals surface area (Å²) in [6.45, 7) is 17.2. The second kappa shape index (κ2) is 14.0. The Labute approximate surface area is 280 Å². The molecule has 0 saturated carbocycles. The Morgan fingerprint density at radius 2 is 1.64 bits per heavy atom. The van der Waals surface area contributed by atoms with Gasteiger partial charge in [-0.05, 0) is 60.6 Å². The van der Waals surface area contributed by atoms with E-state index in [0.29, 0.717) is 0 Å². The SMILES string of the molecule is CCC(CC)C(=O)/C=C(\O)C(CC)CC.Cc1c2ccccc2[c-]c2c1c1cc(CC(C)(C)C)cc3nc4ccnc2n4c31.[Ir]. The van der Waals surface area contributed by atoms with Crippen molar-refractivity contribution in [3.05, 3.63) is 77.7 Å². The Morgan fingerprint density at radius 3 is 2.29 bits per heavy atom. The smallest absolute Gasteiger partial charge is 0.162 e. The Balaban J connectivity index is 0.000000249. The van der Waals surface area contributed by atoms with E-state index in [9.17, 15) is 9.90 Å². The number of nitrogens with zero attached hydrogens (tertiary/aromatic N) is 3. The van der Waals surface area contributed by atoms with E-state index in [-0.39, 0.29) is 48.9 Å². The number of carbonyl (C=O) groups is 1. The first-order valence-electron chi connectivity index (χ1n) is 16.2. The third-order valence-corrected chi connectivity index (χ3v) is 8.99.